The van der Waals surface area contributed by atoms with E-state index in [4.69, 9.17) is 9.57 Å². The predicted octanol–water partition coefficient (Wildman–Crippen LogP) is 0.757. The van der Waals surface area contributed by atoms with Crippen molar-refractivity contribution in [3.63, 3.8) is 0 Å². The van der Waals surface area contributed by atoms with Crippen LogP contribution in [0.3, 0.4) is 0 Å². The van der Waals surface area contributed by atoms with Gasteiger partial charge in [-0.1, -0.05) is 5.16 Å². The molecule has 0 aliphatic carbocycles. The largest absolute Gasteiger partial charge is 0.395 e. The highest BCUT2D eigenvalue weighted by Crippen LogP contribution is 2.31. The molecule has 0 aromatic rings. The molecule has 13 heavy (non-hydrogen) atoms. The van der Waals surface area contributed by atoms with E-state index in [-0.39, 0.29) is 11.7 Å². The number of hydrogen-bond acceptors (Lipinski definition) is 4. The first-order chi connectivity index (χ1) is 6.14. The van der Waals surface area contributed by atoms with E-state index in [1.54, 1.807) is 6.92 Å². The van der Waals surface area contributed by atoms with Gasteiger partial charge < -0.3 is 9.57 Å². The summed E-state index contributed by atoms with van der Waals surface area (Å²) >= 11 is 0. The van der Waals surface area contributed by atoms with Crippen molar-refractivity contribution in [1.29, 1.82) is 0 Å². The average molecular weight is 183 g/mol. The van der Waals surface area contributed by atoms with Crippen LogP contribution in [0, 0.1) is 5.92 Å². The summed E-state index contributed by atoms with van der Waals surface area (Å²) in [5, 5.41) is 3.90. The Kier molecular flexibility index (Phi) is 1.87. The Morgan fingerprint density at radius 3 is 3.15 bits per heavy atom. The maximum absolute atomic E-state index is 11.4. The van der Waals surface area contributed by atoms with Gasteiger partial charge in [-0.05, 0) is 20.3 Å². The molecule has 0 amide bonds. The van der Waals surface area contributed by atoms with Crippen LogP contribution in [0.25, 0.3) is 0 Å². The summed E-state index contributed by atoms with van der Waals surface area (Å²) in [5.74, 6) is 0.282. The van der Waals surface area contributed by atoms with Crippen molar-refractivity contribution in [1.82, 2.24) is 0 Å². The monoisotopic (exact) mass is 183 g/mol. The van der Waals surface area contributed by atoms with Crippen LogP contribution in [0.15, 0.2) is 5.16 Å². The number of hydrogen-bond donors (Lipinski definition) is 0. The molecule has 0 saturated carbocycles. The lowest BCUT2D eigenvalue weighted by Gasteiger charge is -2.33. The molecular weight excluding hydrogens is 170 g/mol. The topological polar surface area (TPSA) is 47.9 Å². The molecule has 0 bridgehead atoms. The van der Waals surface area contributed by atoms with Crippen LogP contribution in [0.2, 0.25) is 0 Å². The van der Waals surface area contributed by atoms with Crippen molar-refractivity contribution < 1.29 is 14.4 Å². The standard InChI is InChI=1S/C9H13NO3/c1-6(11)9(2)8-7(3-4-12-9)5-13-10-8/h7H,3-5H2,1-2H3/t7-,9+/m0/s1. The summed E-state index contributed by atoms with van der Waals surface area (Å²) in [7, 11) is 0. The highest BCUT2D eigenvalue weighted by atomic mass is 16.6. The second-order valence-electron chi connectivity index (χ2n) is 3.70. The molecule has 0 spiro atoms. The lowest BCUT2D eigenvalue weighted by atomic mass is 9.83. The molecule has 4 heteroatoms. The number of fused-ring (bicyclic) bond motifs is 1. The van der Waals surface area contributed by atoms with Gasteiger partial charge in [0, 0.05) is 12.5 Å². The minimum absolute atomic E-state index is 0.00134. The molecule has 0 radical (unpaired) electrons. The molecule has 0 aromatic carbocycles. The van der Waals surface area contributed by atoms with Crippen LogP contribution in [0.5, 0.6) is 0 Å². The molecular formula is C9H13NO3. The quantitative estimate of drug-likeness (QED) is 0.603. The number of ketones is 1. The normalized spacial score (nSPS) is 37.7. The van der Waals surface area contributed by atoms with Crippen molar-refractivity contribution in [2.75, 3.05) is 13.2 Å². The third-order valence-corrected chi connectivity index (χ3v) is 2.84. The van der Waals surface area contributed by atoms with E-state index in [1.165, 1.54) is 6.92 Å². The Balaban J connectivity index is 2.32. The number of carbonyl (C=O) groups excluding carboxylic acids is 1. The number of oxime groups is 1. The van der Waals surface area contributed by atoms with E-state index in [0.29, 0.717) is 13.2 Å². The maximum Gasteiger partial charge on any atom is 0.167 e. The minimum Gasteiger partial charge on any atom is -0.395 e. The molecule has 0 N–H and O–H groups in total. The van der Waals surface area contributed by atoms with Crippen molar-refractivity contribution in [2.24, 2.45) is 11.1 Å². The van der Waals surface area contributed by atoms with Gasteiger partial charge >= 0.3 is 0 Å². The molecule has 72 valence electrons. The highest BCUT2D eigenvalue weighted by Gasteiger charge is 2.46. The molecule has 1 saturated heterocycles. The van der Waals surface area contributed by atoms with Crippen LogP contribution >= 0.6 is 0 Å². The zero-order chi connectivity index (χ0) is 9.47. The van der Waals surface area contributed by atoms with Gasteiger partial charge in [0.1, 0.15) is 12.3 Å². The van der Waals surface area contributed by atoms with Gasteiger partial charge in [0.15, 0.2) is 11.4 Å². The van der Waals surface area contributed by atoms with Crippen molar-refractivity contribution >= 4 is 11.5 Å². The first-order valence-corrected chi connectivity index (χ1v) is 4.50. The number of nitrogens with zero attached hydrogens (tertiary/aromatic N) is 1. The van der Waals surface area contributed by atoms with Crippen LogP contribution in [-0.4, -0.2) is 30.3 Å². The van der Waals surface area contributed by atoms with E-state index in [9.17, 15) is 4.79 Å². The number of Topliss-reactive ketones (excluding diaryl/α,β-unsaturated/α-hetero) is 1. The number of ether oxygens (including phenoxy) is 1. The summed E-state index contributed by atoms with van der Waals surface area (Å²) < 4.78 is 5.48. The molecule has 0 unspecified atom stereocenters. The Morgan fingerprint density at radius 2 is 2.46 bits per heavy atom. The SMILES string of the molecule is CC(=O)[C@@]1(C)OCC[C@H]2CON=C21. The second-order valence-corrected chi connectivity index (χ2v) is 3.70. The van der Waals surface area contributed by atoms with Gasteiger partial charge in [0.25, 0.3) is 0 Å². The highest BCUT2D eigenvalue weighted by molar-refractivity contribution is 6.13. The van der Waals surface area contributed by atoms with Gasteiger partial charge in [-0.25, -0.2) is 0 Å². The summed E-state index contributed by atoms with van der Waals surface area (Å²) in [5.41, 5.74) is -0.0642. The number of rotatable bonds is 1. The van der Waals surface area contributed by atoms with E-state index in [0.717, 1.165) is 12.1 Å². The lowest BCUT2D eigenvalue weighted by molar-refractivity contribution is -0.134. The fourth-order valence-corrected chi connectivity index (χ4v) is 1.81. The fraction of sp³-hybridized carbons (Fsp3) is 0.778. The predicted molar refractivity (Wildman–Crippen MR) is 46.5 cm³/mol. The van der Waals surface area contributed by atoms with Crippen LogP contribution in [-0.2, 0) is 14.4 Å². The van der Waals surface area contributed by atoms with Crippen molar-refractivity contribution in [2.45, 2.75) is 25.9 Å². The van der Waals surface area contributed by atoms with Gasteiger partial charge in [-0.2, -0.15) is 0 Å². The molecule has 2 aliphatic rings. The third kappa shape index (κ3) is 1.16. The fourth-order valence-electron chi connectivity index (χ4n) is 1.81. The summed E-state index contributed by atoms with van der Waals surface area (Å²) in [6.07, 6.45) is 0.904. The Hall–Kier alpha value is -0.900. The number of carbonyl (C=O) groups is 1. The Labute approximate surface area is 76.9 Å². The van der Waals surface area contributed by atoms with Crippen LogP contribution < -0.4 is 0 Å². The summed E-state index contributed by atoms with van der Waals surface area (Å²) in [6.45, 7) is 4.52. The van der Waals surface area contributed by atoms with Crippen LogP contribution in [0.4, 0.5) is 0 Å². The van der Waals surface area contributed by atoms with Crippen molar-refractivity contribution in [3.8, 4) is 0 Å². The van der Waals surface area contributed by atoms with Gasteiger partial charge in [-0.3, -0.25) is 4.79 Å². The molecule has 2 heterocycles. The molecule has 0 aromatic heterocycles. The smallest absolute Gasteiger partial charge is 0.167 e. The van der Waals surface area contributed by atoms with Gasteiger partial charge in [0.2, 0.25) is 0 Å². The molecule has 2 aliphatic heterocycles. The third-order valence-electron chi connectivity index (χ3n) is 2.84. The molecule has 4 nitrogen and oxygen atoms in total. The zero-order valence-electron chi connectivity index (χ0n) is 7.87. The molecule has 2 atom stereocenters. The molecule has 2 rings (SSSR count). The lowest BCUT2D eigenvalue weighted by Crippen LogP contribution is -2.51. The Morgan fingerprint density at radius 1 is 1.69 bits per heavy atom. The van der Waals surface area contributed by atoms with Crippen molar-refractivity contribution in [3.05, 3.63) is 0 Å². The first-order valence-electron chi connectivity index (χ1n) is 4.50. The van der Waals surface area contributed by atoms with Gasteiger partial charge in [-0.15, -0.1) is 0 Å². The van der Waals surface area contributed by atoms with E-state index < -0.39 is 5.60 Å². The second kappa shape index (κ2) is 2.80. The maximum atomic E-state index is 11.4. The summed E-state index contributed by atoms with van der Waals surface area (Å²) in [4.78, 5) is 16.4. The van der Waals surface area contributed by atoms with E-state index in [2.05, 4.69) is 5.16 Å². The van der Waals surface area contributed by atoms with Gasteiger partial charge in [0.05, 0.1) is 0 Å². The first kappa shape index (κ1) is 8.69. The molecule has 1 fully saturated rings. The van der Waals surface area contributed by atoms with Crippen LogP contribution in [0.1, 0.15) is 20.3 Å². The minimum atomic E-state index is -0.834. The van der Waals surface area contributed by atoms with E-state index >= 15 is 0 Å². The zero-order valence-corrected chi connectivity index (χ0v) is 7.87. The Bertz CT molecular complexity index is 274. The van der Waals surface area contributed by atoms with E-state index in [1.807, 2.05) is 0 Å². The average Bonchev–Trinajstić information content (AvgIpc) is 2.53. The summed E-state index contributed by atoms with van der Waals surface area (Å²) in [6, 6.07) is 0.